The smallest absolute Gasteiger partial charge is 0.142 e. The summed E-state index contributed by atoms with van der Waals surface area (Å²) in [7, 11) is 0. The average Bonchev–Trinajstić information content (AvgIpc) is 3.69. The summed E-state index contributed by atoms with van der Waals surface area (Å²) < 4.78 is 18.3. The van der Waals surface area contributed by atoms with Crippen LogP contribution >= 0.6 is 11.3 Å². The van der Waals surface area contributed by atoms with E-state index in [1.54, 1.807) is 15.7 Å². The van der Waals surface area contributed by atoms with Crippen LogP contribution in [-0.2, 0) is 32.9 Å². The van der Waals surface area contributed by atoms with E-state index >= 15 is 0 Å². The Morgan fingerprint density at radius 3 is 2.26 bits per heavy atom. The number of thiophene rings is 1. The van der Waals surface area contributed by atoms with Gasteiger partial charge in [0.2, 0.25) is 0 Å². The van der Waals surface area contributed by atoms with Gasteiger partial charge in [-0.15, -0.1) is 23.8 Å². The summed E-state index contributed by atoms with van der Waals surface area (Å²) in [6.07, 6.45) is 10.5. The number of fused-ring (bicyclic) bond motifs is 3. The van der Waals surface area contributed by atoms with Gasteiger partial charge < -0.3 is 4.98 Å². The van der Waals surface area contributed by atoms with Gasteiger partial charge in [0, 0.05) is 24.8 Å². The molecule has 0 atom stereocenters. The molecule has 3 aromatic heterocycles. The second-order valence-corrected chi connectivity index (χ2v) is 25.7. The van der Waals surface area contributed by atoms with E-state index in [9.17, 15) is 4.39 Å². The van der Waals surface area contributed by atoms with Crippen LogP contribution in [0.15, 0.2) is 85.2 Å². The largest absolute Gasteiger partial charge is 0.302 e. The van der Waals surface area contributed by atoms with Crippen molar-refractivity contribution in [2.45, 2.75) is 69.6 Å². The summed E-state index contributed by atoms with van der Waals surface area (Å²) in [6, 6.07) is 31.6. The number of pyridine rings is 2. The van der Waals surface area contributed by atoms with Gasteiger partial charge in [0.1, 0.15) is 5.82 Å². The Morgan fingerprint density at radius 1 is 0.830 bits per heavy atom. The van der Waals surface area contributed by atoms with Crippen molar-refractivity contribution in [1.29, 1.82) is 0 Å². The van der Waals surface area contributed by atoms with Gasteiger partial charge in [-0.05, 0) is 39.7 Å². The van der Waals surface area contributed by atoms with Crippen molar-refractivity contribution in [1.82, 2.24) is 9.97 Å². The molecule has 1 aliphatic rings. The second kappa shape index (κ2) is 15.7. The number of nitrogens with zero attached hydrogens (tertiary/aromatic N) is 2. The third kappa shape index (κ3) is 8.67. The number of benzene rings is 3. The molecule has 6 heteroatoms. The maximum Gasteiger partial charge on any atom is 0.142 e. The third-order valence-corrected chi connectivity index (χ3v) is 14.4. The SMILES string of the molecule is CC(C)Cc1cc(-c2[c-]cccc2)nc[c]1[Ge]([CH3])([CH3])[CH3].Fc1cnc(-c2[c-]cc3sc4ccccc4c3c2)cc1CC1CCCC1.[Ir]. The van der Waals surface area contributed by atoms with Crippen molar-refractivity contribution in [3.63, 3.8) is 0 Å². The van der Waals surface area contributed by atoms with Gasteiger partial charge in [-0.1, -0.05) is 55.3 Å². The summed E-state index contributed by atoms with van der Waals surface area (Å²) in [5, 5.41) is 2.49. The molecule has 7 rings (SSSR count). The fourth-order valence-corrected chi connectivity index (χ4v) is 11.0. The zero-order chi connectivity index (χ0) is 32.3. The molecule has 1 aliphatic carbocycles. The molecule has 0 unspecified atom stereocenters. The molecule has 0 N–H and O–H groups in total. The number of rotatable bonds is 7. The van der Waals surface area contributed by atoms with Gasteiger partial charge in [-0.3, -0.25) is 0 Å². The predicted molar refractivity (Wildman–Crippen MR) is 197 cm³/mol. The van der Waals surface area contributed by atoms with Crippen molar-refractivity contribution in [3.05, 3.63) is 114 Å². The van der Waals surface area contributed by atoms with Crippen molar-refractivity contribution in [2.24, 2.45) is 11.8 Å². The summed E-state index contributed by atoms with van der Waals surface area (Å²) in [6.45, 7) is 4.57. The zero-order valence-electron chi connectivity index (χ0n) is 28.0. The van der Waals surface area contributed by atoms with Gasteiger partial charge in [0.15, 0.2) is 0 Å². The van der Waals surface area contributed by atoms with Gasteiger partial charge >= 0.3 is 126 Å². The monoisotopic (exact) mass is 881 g/mol. The molecule has 0 saturated heterocycles. The molecule has 47 heavy (non-hydrogen) atoms. The molecule has 3 heterocycles. The molecule has 2 nitrogen and oxygen atoms in total. The van der Waals surface area contributed by atoms with Crippen LogP contribution in [0, 0.1) is 29.8 Å². The van der Waals surface area contributed by atoms with Crippen LogP contribution in [0.3, 0.4) is 0 Å². The average molecular weight is 880 g/mol. The van der Waals surface area contributed by atoms with E-state index in [0.717, 1.165) is 40.9 Å². The summed E-state index contributed by atoms with van der Waals surface area (Å²) in [5.74, 6) is 8.43. The summed E-state index contributed by atoms with van der Waals surface area (Å²) >= 11 is -0.0772. The van der Waals surface area contributed by atoms with Crippen LogP contribution in [0.1, 0.15) is 50.7 Å². The van der Waals surface area contributed by atoms with Crippen molar-refractivity contribution in [2.75, 3.05) is 0 Å². The molecular formula is C41H43FGeIrN2S-2. The number of aromatic nitrogens is 2. The van der Waals surface area contributed by atoms with Gasteiger partial charge in [0.05, 0.1) is 6.20 Å². The molecule has 1 saturated carbocycles. The molecule has 0 amide bonds. The van der Waals surface area contributed by atoms with Crippen LogP contribution in [-0.4, -0.2) is 23.2 Å². The van der Waals surface area contributed by atoms with Crippen LogP contribution in [0.2, 0.25) is 17.3 Å². The van der Waals surface area contributed by atoms with Crippen LogP contribution < -0.4 is 4.40 Å². The Labute approximate surface area is 300 Å². The second-order valence-electron chi connectivity index (χ2n) is 14.1. The van der Waals surface area contributed by atoms with Gasteiger partial charge in [0.25, 0.3) is 0 Å². The molecule has 3 aromatic carbocycles. The Bertz CT molecular complexity index is 1940. The first-order valence-electron chi connectivity index (χ1n) is 16.6. The molecule has 0 spiro atoms. The Balaban J connectivity index is 0.000000188. The Kier molecular flexibility index (Phi) is 11.9. The van der Waals surface area contributed by atoms with E-state index in [2.05, 4.69) is 96.9 Å². The van der Waals surface area contributed by atoms with Crippen molar-refractivity contribution in [3.8, 4) is 22.5 Å². The first-order chi connectivity index (χ1) is 22.2. The Hall–Kier alpha value is -2.70. The minimum atomic E-state index is -1.86. The maximum absolute atomic E-state index is 14.3. The molecular weight excluding hydrogens is 836 g/mol. The molecule has 1 radical (unpaired) electrons. The van der Waals surface area contributed by atoms with E-state index in [1.165, 1.54) is 57.6 Å². The molecule has 0 bridgehead atoms. The van der Waals surface area contributed by atoms with E-state index in [-0.39, 0.29) is 25.9 Å². The quantitative estimate of drug-likeness (QED) is 0.118. The van der Waals surface area contributed by atoms with Crippen LogP contribution in [0.5, 0.6) is 0 Å². The topological polar surface area (TPSA) is 25.8 Å². The number of hydrogen-bond acceptors (Lipinski definition) is 3. The maximum atomic E-state index is 14.3. The van der Waals surface area contributed by atoms with E-state index in [4.69, 9.17) is 4.98 Å². The normalized spacial score (nSPS) is 13.5. The zero-order valence-corrected chi connectivity index (χ0v) is 33.3. The van der Waals surface area contributed by atoms with Crippen molar-refractivity contribution >= 4 is 49.2 Å². The van der Waals surface area contributed by atoms with Crippen LogP contribution in [0.4, 0.5) is 4.39 Å². The minimum absolute atomic E-state index is 0. The third-order valence-electron chi connectivity index (χ3n) is 8.91. The molecule has 6 aromatic rings. The number of halogens is 1. The van der Waals surface area contributed by atoms with E-state index < -0.39 is 13.3 Å². The minimum Gasteiger partial charge on any atom is -0.302 e. The molecule has 245 valence electrons. The summed E-state index contributed by atoms with van der Waals surface area (Å²) in [5.41, 5.74) is 6.19. The standard InChI is InChI=1S/C23H19FNS.C18H24GeN.Ir/c24-20-14-25-21(13-17(20)11-15-5-1-2-6-15)16-9-10-23-19(12-16)18-7-3-4-8-22(18)26-23;1-14(2)11-16-12-18(15-9-7-6-8-10-15)20-13-17(16)19(3,4)5;/h3-4,7-8,10,12-15H,1-2,5-6,11H2;6-9,12-14H,11H2,1-5H3;/q2*-1;. The predicted octanol–water partition coefficient (Wildman–Crippen LogP) is 11.1. The fourth-order valence-electron chi connectivity index (χ4n) is 6.61. The van der Waals surface area contributed by atoms with Gasteiger partial charge in [-0.25, -0.2) is 4.39 Å². The first kappa shape index (κ1) is 35.6. The van der Waals surface area contributed by atoms with Crippen LogP contribution in [0.25, 0.3) is 42.7 Å². The molecule has 0 aliphatic heterocycles. The summed E-state index contributed by atoms with van der Waals surface area (Å²) in [4.78, 5) is 9.05. The van der Waals surface area contributed by atoms with Crippen molar-refractivity contribution < 1.29 is 24.5 Å². The van der Waals surface area contributed by atoms with E-state index in [1.807, 2.05) is 30.3 Å². The number of hydrogen-bond donors (Lipinski definition) is 0. The first-order valence-corrected chi connectivity index (χ1v) is 24.8. The molecule has 1 fully saturated rings. The Morgan fingerprint density at radius 2 is 1.53 bits per heavy atom. The fraction of sp³-hybridized carbons (Fsp3) is 0.317. The van der Waals surface area contributed by atoms with Gasteiger partial charge in [-0.2, -0.15) is 11.3 Å². The van der Waals surface area contributed by atoms with E-state index in [0.29, 0.717) is 11.8 Å².